The van der Waals surface area contributed by atoms with Crippen LogP contribution in [0.15, 0.2) is 30.5 Å². The Balaban J connectivity index is 1.57. The van der Waals surface area contributed by atoms with Gasteiger partial charge < -0.3 is 10.6 Å². The van der Waals surface area contributed by atoms with Gasteiger partial charge in [-0.1, -0.05) is 12.1 Å². The van der Waals surface area contributed by atoms with Crippen molar-refractivity contribution in [1.82, 2.24) is 19.8 Å². The summed E-state index contributed by atoms with van der Waals surface area (Å²) in [6, 6.07) is 4.43. The van der Waals surface area contributed by atoms with E-state index in [9.17, 15) is 27.6 Å². The Morgan fingerprint density at radius 3 is 2.60 bits per heavy atom. The van der Waals surface area contributed by atoms with Crippen LogP contribution in [0.25, 0.3) is 11.1 Å². The molecule has 35 heavy (non-hydrogen) atoms. The third-order valence-electron chi connectivity index (χ3n) is 6.40. The smallest absolute Gasteiger partial charge is 0.368 e. The SMILES string of the molecule is Nc1ncc(-c2cccc(C(F)(F)F)c2)c([C@H]2CCCCN2C(=O)CCCN2C(=O)CCC2=O)n1. The highest BCUT2D eigenvalue weighted by Gasteiger charge is 2.34. The number of benzene rings is 1. The molecule has 3 amide bonds. The standard InChI is InChI=1S/C24H26F3N5O3/c25-24(26,27)16-6-3-5-15(13-16)17-14-29-23(28)30-22(17)18-7-1-2-11-31(18)19(33)8-4-12-32-20(34)9-10-21(32)35/h3,5-6,13-14,18H,1-2,4,7-12H2,(H2,28,29,30)/t18-/m1/s1. The maximum Gasteiger partial charge on any atom is 0.416 e. The summed E-state index contributed by atoms with van der Waals surface area (Å²) in [6.07, 6.45) is -0.0498. The van der Waals surface area contributed by atoms with Gasteiger partial charge in [0.15, 0.2) is 0 Å². The van der Waals surface area contributed by atoms with Crippen LogP contribution >= 0.6 is 0 Å². The monoisotopic (exact) mass is 489 g/mol. The van der Waals surface area contributed by atoms with Crippen molar-refractivity contribution in [2.24, 2.45) is 0 Å². The number of hydrogen-bond donors (Lipinski definition) is 1. The summed E-state index contributed by atoms with van der Waals surface area (Å²) in [5.74, 6) is -0.637. The zero-order valence-corrected chi connectivity index (χ0v) is 19.1. The molecule has 2 aromatic rings. The lowest BCUT2D eigenvalue weighted by atomic mass is 9.93. The molecule has 4 rings (SSSR count). The first-order valence-electron chi connectivity index (χ1n) is 11.6. The van der Waals surface area contributed by atoms with Crippen molar-refractivity contribution >= 4 is 23.7 Å². The van der Waals surface area contributed by atoms with E-state index in [4.69, 9.17) is 5.73 Å². The molecule has 8 nitrogen and oxygen atoms in total. The summed E-state index contributed by atoms with van der Waals surface area (Å²) in [4.78, 5) is 48.0. The van der Waals surface area contributed by atoms with Crippen LogP contribution in [0.1, 0.15) is 62.2 Å². The van der Waals surface area contributed by atoms with Crippen LogP contribution in [-0.4, -0.2) is 50.6 Å². The Hall–Kier alpha value is -3.50. The lowest BCUT2D eigenvalue weighted by Crippen LogP contribution is -2.39. The van der Waals surface area contributed by atoms with E-state index in [1.165, 1.54) is 17.2 Å². The highest BCUT2D eigenvalue weighted by molar-refractivity contribution is 6.01. The molecule has 11 heteroatoms. The topological polar surface area (TPSA) is 109 Å². The Morgan fingerprint density at radius 1 is 1.14 bits per heavy atom. The molecule has 1 aromatic heterocycles. The van der Waals surface area contributed by atoms with Gasteiger partial charge >= 0.3 is 6.18 Å². The fourth-order valence-corrected chi connectivity index (χ4v) is 4.67. The molecule has 0 spiro atoms. The van der Waals surface area contributed by atoms with Crippen LogP contribution in [0, 0.1) is 0 Å². The second-order valence-corrected chi connectivity index (χ2v) is 8.75. The number of rotatable bonds is 6. The summed E-state index contributed by atoms with van der Waals surface area (Å²) in [7, 11) is 0. The quantitative estimate of drug-likeness (QED) is 0.620. The van der Waals surface area contributed by atoms with Crippen LogP contribution in [0.2, 0.25) is 0 Å². The molecule has 186 valence electrons. The zero-order valence-electron chi connectivity index (χ0n) is 19.1. The maximum atomic E-state index is 13.3. The van der Waals surface area contributed by atoms with Gasteiger partial charge in [-0.05, 0) is 43.4 Å². The minimum absolute atomic E-state index is 0.0280. The minimum atomic E-state index is -4.50. The van der Waals surface area contributed by atoms with Crippen molar-refractivity contribution < 1.29 is 27.6 Å². The molecule has 2 saturated heterocycles. The molecule has 3 heterocycles. The number of alkyl halides is 3. The van der Waals surface area contributed by atoms with Crippen LogP contribution in [-0.2, 0) is 20.6 Å². The van der Waals surface area contributed by atoms with Gasteiger partial charge in [-0.3, -0.25) is 19.3 Å². The Labute approximate surface area is 200 Å². The van der Waals surface area contributed by atoms with Crippen molar-refractivity contribution in [2.75, 3.05) is 18.8 Å². The summed E-state index contributed by atoms with van der Waals surface area (Å²) in [5, 5.41) is 0. The van der Waals surface area contributed by atoms with Crippen molar-refractivity contribution in [3.63, 3.8) is 0 Å². The molecule has 0 aliphatic carbocycles. The number of aromatic nitrogens is 2. The first kappa shape index (κ1) is 24.6. The molecule has 0 bridgehead atoms. The van der Waals surface area contributed by atoms with Gasteiger partial charge in [0.2, 0.25) is 23.7 Å². The highest BCUT2D eigenvalue weighted by atomic mass is 19.4. The van der Waals surface area contributed by atoms with Gasteiger partial charge in [-0.2, -0.15) is 13.2 Å². The number of nitrogens with two attached hydrogens (primary N) is 1. The number of piperidine rings is 1. The molecule has 0 radical (unpaired) electrons. The van der Waals surface area contributed by atoms with Crippen molar-refractivity contribution in [3.8, 4) is 11.1 Å². The first-order valence-corrected chi connectivity index (χ1v) is 11.6. The lowest BCUT2D eigenvalue weighted by molar-refractivity contribution is -0.140. The van der Waals surface area contributed by atoms with E-state index < -0.39 is 17.8 Å². The van der Waals surface area contributed by atoms with E-state index in [1.807, 2.05) is 0 Å². The molecule has 0 unspecified atom stereocenters. The van der Waals surface area contributed by atoms with Crippen molar-refractivity contribution in [3.05, 3.63) is 41.7 Å². The first-order chi connectivity index (χ1) is 16.6. The normalized spacial score (nSPS) is 18.9. The number of hydrogen-bond acceptors (Lipinski definition) is 6. The average molecular weight is 489 g/mol. The molecule has 2 fully saturated rings. The third kappa shape index (κ3) is 5.44. The number of likely N-dealkylation sites (tertiary alicyclic amines) is 2. The number of amides is 3. The Kier molecular flexibility index (Phi) is 7.04. The van der Waals surface area contributed by atoms with E-state index in [-0.39, 0.29) is 49.5 Å². The van der Waals surface area contributed by atoms with E-state index in [0.29, 0.717) is 36.2 Å². The number of imide groups is 1. The minimum Gasteiger partial charge on any atom is -0.368 e. The number of nitrogen functional groups attached to an aromatic ring is 1. The predicted molar refractivity (Wildman–Crippen MR) is 120 cm³/mol. The molecular formula is C24H26F3N5O3. The molecule has 1 aromatic carbocycles. The second kappa shape index (κ2) is 10.0. The van der Waals surface area contributed by atoms with Gasteiger partial charge in [0.1, 0.15) is 0 Å². The van der Waals surface area contributed by atoms with Crippen molar-refractivity contribution in [1.29, 1.82) is 0 Å². The number of nitrogens with zero attached hydrogens (tertiary/aromatic N) is 4. The number of carbonyl (C=O) groups is 3. The van der Waals surface area contributed by atoms with Gasteiger partial charge in [0.25, 0.3) is 0 Å². The van der Waals surface area contributed by atoms with Crippen molar-refractivity contribution in [2.45, 2.75) is 57.2 Å². The summed E-state index contributed by atoms with van der Waals surface area (Å²) < 4.78 is 39.9. The second-order valence-electron chi connectivity index (χ2n) is 8.75. The zero-order chi connectivity index (χ0) is 25.2. The van der Waals surface area contributed by atoms with E-state index in [1.54, 1.807) is 11.0 Å². The van der Waals surface area contributed by atoms with E-state index in [0.717, 1.165) is 25.0 Å². The summed E-state index contributed by atoms with van der Waals surface area (Å²) >= 11 is 0. The Bertz CT molecular complexity index is 1120. The predicted octanol–water partition coefficient (Wildman–Crippen LogP) is 3.73. The van der Waals surface area contributed by atoms with Gasteiger partial charge in [0.05, 0.1) is 17.3 Å². The number of anilines is 1. The summed E-state index contributed by atoms with van der Waals surface area (Å²) in [6.45, 7) is 0.662. The molecule has 1 atom stereocenters. The number of carbonyl (C=O) groups excluding carboxylic acids is 3. The molecule has 2 aliphatic heterocycles. The highest BCUT2D eigenvalue weighted by Crippen LogP contribution is 2.38. The van der Waals surface area contributed by atoms with Crippen LogP contribution in [0.3, 0.4) is 0 Å². The fourth-order valence-electron chi connectivity index (χ4n) is 4.67. The third-order valence-corrected chi connectivity index (χ3v) is 6.40. The fraction of sp³-hybridized carbons (Fsp3) is 0.458. The van der Waals surface area contributed by atoms with E-state index in [2.05, 4.69) is 9.97 Å². The number of halogens is 3. The van der Waals surface area contributed by atoms with Gasteiger partial charge in [-0.25, -0.2) is 9.97 Å². The van der Waals surface area contributed by atoms with Crippen LogP contribution in [0.5, 0.6) is 0 Å². The van der Waals surface area contributed by atoms with E-state index >= 15 is 0 Å². The van der Waals surface area contributed by atoms with Crippen LogP contribution in [0.4, 0.5) is 19.1 Å². The van der Waals surface area contributed by atoms with Crippen LogP contribution < -0.4 is 5.73 Å². The Morgan fingerprint density at radius 2 is 1.89 bits per heavy atom. The van der Waals surface area contributed by atoms with Gasteiger partial charge in [-0.15, -0.1) is 0 Å². The molecule has 2 N–H and O–H groups in total. The molecular weight excluding hydrogens is 463 g/mol. The van der Waals surface area contributed by atoms with Gasteiger partial charge in [0, 0.05) is 44.1 Å². The maximum absolute atomic E-state index is 13.3. The molecule has 2 aliphatic rings. The summed E-state index contributed by atoms with van der Waals surface area (Å²) in [5.41, 5.74) is 6.14. The lowest BCUT2D eigenvalue weighted by Gasteiger charge is -2.36. The average Bonchev–Trinajstić information content (AvgIpc) is 3.15. The molecule has 0 saturated carbocycles. The largest absolute Gasteiger partial charge is 0.416 e.